The Labute approximate surface area is 150 Å². The molecule has 0 heterocycles. The van der Waals surface area contributed by atoms with E-state index in [0.29, 0.717) is 6.54 Å². The molecule has 3 N–H and O–H groups in total. The van der Waals surface area contributed by atoms with Crippen molar-refractivity contribution in [3.63, 3.8) is 0 Å². The van der Waals surface area contributed by atoms with Gasteiger partial charge in [0, 0.05) is 13.1 Å². The average molecular weight is 440 g/mol. The summed E-state index contributed by atoms with van der Waals surface area (Å²) in [5.74, 6) is 0.737. The molecule has 0 aliphatic rings. The number of sulfonamides is 1. The predicted molar refractivity (Wildman–Crippen MR) is 101 cm³/mol. The first kappa shape index (κ1) is 21.1. The van der Waals surface area contributed by atoms with E-state index in [1.807, 2.05) is 13.0 Å². The van der Waals surface area contributed by atoms with Crippen LogP contribution in [-0.2, 0) is 16.6 Å². The first-order chi connectivity index (χ1) is 10.0. The highest BCUT2D eigenvalue weighted by atomic mass is 127. The van der Waals surface area contributed by atoms with E-state index in [0.717, 1.165) is 31.0 Å². The highest BCUT2D eigenvalue weighted by Crippen LogP contribution is 2.11. The summed E-state index contributed by atoms with van der Waals surface area (Å²) >= 11 is 0. The van der Waals surface area contributed by atoms with Gasteiger partial charge in [0.25, 0.3) is 0 Å². The Hall–Kier alpha value is -0.870. The molecule has 8 heteroatoms. The smallest absolute Gasteiger partial charge is 0.240 e. The van der Waals surface area contributed by atoms with Crippen molar-refractivity contribution in [1.29, 1.82) is 0 Å². The minimum absolute atomic E-state index is 0. The average Bonchev–Trinajstić information content (AvgIpc) is 2.50. The van der Waals surface area contributed by atoms with Crippen LogP contribution in [0.4, 0.5) is 0 Å². The molecule has 0 saturated carbocycles. The summed E-state index contributed by atoms with van der Waals surface area (Å²) in [4.78, 5) is 4.70. The van der Waals surface area contributed by atoms with Gasteiger partial charge in [-0.05, 0) is 38.1 Å². The number of guanidine groups is 1. The first-order valence-electron chi connectivity index (χ1n) is 7.08. The lowest BCUT2D eigenvalue weighted by Gasteiger charge is -2.10. The van der Waals surface area contributed by atoms with Crippen LogP contribution in [0.15, 0.2) is 34.2 Å². The highest BCUT2D eigenvalue weighted by molar-refractivity contribution is 14.0. The molecule has 0 bridgehead atoms. The molecule has 0 amide bonds. The molecular formula is C14H25IN4O2S. The van der Waals surface area contributed by atoms with Gasteiger partial charge in [0.2, 0.25) is 10.0 Å². The number of benzene rings is 1. The fourth-order valence-electron chi connectivity index (χ4n) is 1.68. The van der Waals surface area contributed by atoms with Crippen molar-refractivity contribution in [2.24, 2.45) is 4.99 Å². The van der Waals surface area contributed by atoms with Gasteiger partial charge in [-0.1, -0.05) is 19.1 Å². The molecule has 1 rings (SSSR count). The van der Waals surface area contributed by atoms with Gasteiger partial charge in [-0.2, -0.15) is 0 Å². The second-order valence-corrected chi connectivity index (χ2v) is 6.36. The summed E-state index contributed by atoms with van der Waals surface area (Å²) in [6.45, 7) is 6.14. The summed E-state index contributed by atoms with van der Waals surface area (Å²) in [6.07, 6.45) is 1.01. The van der Waals surface area contributed by atoms with Gasteiger partial charge in [0.1, 0.15) is 0 Å². The van der Waals surface area contributed by atoms with Crippen molar-refractivity contribution in [3.05, 3.63) is 29.8 Å². The van der Waals surface area contributed by atoms with Crippen LogP contribution >= 0.6 is 24.0 Å². The molecule has 0 radical (unpaired) electrons. The lowest BCUT2D eigenvalue weighted by molar-refractivity contribution is 0.588. The Morgan fingerprint density at radius 3 is 2.55 bits per heavy atom. The van der Waals surface area contributed by atoms with Crippen LogP contribution in [0.25, 0.3) is 0 Å². The molecule has 22 heavy (non-hydrogen) atoms. The topological polar surface area (TPSA) is 82.6 Å². The summed E-state index contributed by atoms with van der Waals surface area (Å²) in [5.41, 5.74) is 0.847. The van der Waals surface area contributed by atoms with E-state index in [4.69, 9.17) is 0 Å². The van der Waals surface area contributed by atoms with E-state index in [1.54, 1.807) is 18.2 Å². The molecule has 6 nitrogen and oxygen atoms in total. The van der Waals surface area contributed by atoms with Crippen molar-refractivity contribution >= 4 is 40.0 Å². The van der Waals surface area contributed by atoms with Gasteiger partial charge in [0.15, 0.2) is 5.96 Å². The standard InChI is InChI=1S/C14H24N4O2S.HI/c1-4-9-17-14(16-5-2)18-11-12-7-6-8-13(10-12)21(19,20)15-3;/h6-8,10,15H,4-5,9,11H2,1-3H3,(H2,16,17,18);1H. The van der Waals surface area contributed by atoms with E-state index < -0.39 is 10.0 Å². The van der Waals surface area contributed by atoms with Crippen molar-refractivity contribution in [3.8, 4) is 0 Å². The minimum atomic E-state index is -3.41. The third-order valence-electron chi connectivity index (χ3n) is 2.78. The summed E-state index contributed by atoms with van der Waals surface area (Å²) in [5, 5.41) is 6.36. The van der Waals surface area contributed by atoms with Crippen molar-refractivity contribution in [2.75, 3.05) is 20.1 Å². The zero-order valence-electron chi connectivity index (χ0n) is 13.2. The van der Waals surface area contributed by atoms with Crippen LogP contribution in [0.1, 0.15) is 25.8 Å². The second-order valence-electron chi connectivity index (χ2n) is 4.48. The van der Waals surface area contributed by atoms with Crippen LogP contribution in [0.3, 0.4) is 0 Å². The fraction of sp³-hybridized carbons (Fsp3) is 0.500. The Kier molecular flexibility index (Phi) is 10.4. The molecular weight excluding hydrogens is 415 g/mol. The molecule has 0 saturated heterocycles. The molecule has 0 spiro atoms. The van der Waals surface area contributed by atoms with Crippen LogP contribution in [-0.4, -0.2) is 34.5 Å². The van der Waals surface area contributed by atoms with E-state index >= 15 is 0 Å². The largest absolute Gasteiger partial charge is 0.357 e. The maximum absolute atomic E-state index is 11.8. The van der Waals surface area contributed by atoms with Gasteiger partial charge in [-0.15, -0.1) is 24.0 Å². The predicted octanol–water partition coefficient (Wildman–Crippen LogP) is 1.68. The minimum Gasteiger partial charge on any atom is -0.357 e. The maximum Gasteiger partial charge on any atom is 0.240 e. The lowest BCUT2D eigenvalue weighted by Crippen LogP contribution is -2.37. The van der Waals surface area contributed by atoms with E-state index in [2.05, 4.69) is 27.3 Å². The molecule has 1 aromatic rings. The molecule has 0 aliphatic carbocycles. The monoisotopic (exact) mass is 440 g/mol. The number of aliphatic imine (C=N–C) groups is 1. The van der Waals surface area contributed by atoms with Crippen LogP contribution in [0.2, 0.25) is 0 Å². The highest BCUT2D eigenvalue weighted by Gasteiger charge is 2.11. The van der Waals surface area contributed by atoms with Crippen LogP contribution in [0.5, 0.6) is 0 Å². The molecule has 0 aliphatic heterocycles. The number of hydrogen-bond donors (Lipinski definition) is 3. The Morgan fingerprint density at radius 1 is 1.23 bits per heavy atom. The van der Waals surface area contributed by atoms with Gasteiger partial charge in [0.05, 0.1) is 11.4 Å². The lowest BCUT2D eigenvalue weighted by atomic mass is 10.2. The number of nitrogens with zero attached hydrogens (tertiary/aromatic N) is 1. The third kappa shape index (κ3) is 6.93. The van der Waals surface area contributed by atoms with Gasteiger partial charge >= 0.3 is 0 Å². The molecule has 0 unspecified atom stereocenters. The molecule has 1 aromatic carbocycles. The normalized spacial score (nSPS) is 11.7. The summed E-state index contributed by atoms with van der Waals surface area (Å²) in [6, 6.07) is 6.79. The van der Waals surface area contributed by atoms with Crippen LogP contribution < -0.4 is 15.4 Å². The zero-order chi connectivity index (χ0) is 15.7. The van der Waals surface area contributed by atoms with Crippen molar-refractivity contribution in [1.82, 2.24) is 15.4 Å². The zero-order valence-corrected chi connectivity index (χ0v) is 16.4. The summed E-state index contributed by atoms with van der Waals surface area (Å²) in [7, 11) is -2.01. The number of nitrogens with one attached hydrogen (secondary N) is 3. The number of hydrogen-bond acceptors (Lipinski definition) is 3. The Balaban J connectivity index is 0.00000441. The Morgan fingerprint density at radius 2 is 1.95 bits per heavy atom. The second kappa shape index (κ2) is 10.8. The SMILES string of the molecule is CCCNC(=NCc1cccc(S(=O)(=O)NC)c1)NCC.I. The van der Waals surface area contributed by atoms with E-state index in [1.165, 1.54) is 7.05 Å². The molecule has 0 aromatic heterocycles. The van der Waals surface area contributed by atoms with Crippen molar-refractivity contribution < 1.29 is 8.42 Å². The van der Waals surface area contributed by atoms with E-state index in [9.17, 15) is 8.42 Å². The number of halogens is 1. The fourth-order valence-corrected chi connectivity index (χ4v) is 2.48. The molecule has 0 atom stereocenters. The van der Waals surface area contributed by atoms with Gasteiger partial charge in [-0.3, -0.25) is 0 Å². The van der Waals surface area contributed by atoms with Crippen molar-refractivity contribution in [2.45, 2.75) is 31.7 Å². The van der Waals surface area contributed by atoms with Gasteiger partial charge < -0.3 is 10.6 Å². The number of rotatable bonds is 7. The third-order valence-corrected chi connectivity index (χ3v) is 4.20. The maximum atomic E-state index is 11.8. The first-order valence-corrected chi connectivity index (χ1v) is 8.56. The molecule has 126 valence electrons. The quantitative estimate of drug-likeness (QED) is 0.342. The Bertz CT molecular complexity index is 576. The molecule has 0 fully saturated rings. The summed E-state index contributed by atoms with van der Waals surface area (Å²) < 4.78 is 25.8. The van der Waals surface area contributed by atoms with Gasteiger partial charge in [-0.25, -0.2) is 18.1 Å². The van der Waals surface area contributed by atoms with E-state index in [-0.39, 0.29) is 28.9 Å². The van der Waals surface area contributed by atoms with Crippen LogP contribution in [0, 0.1) is 0 Å².